The molecule has 3 aromatic rings. The van der Waals surface area contributed by atoms with E-state index in [0.717, 1.165) is 18.5 Å². The number of rotatable bonds is 1. The molecule has 0 bridgehead atoms. The van der Waals surface area contributed by atoms with Gasteiger partial charge >= 0.3 is 6.01 Å². The number of halogens is 1. The van der Waals surface area contributed by atoms with Gasteiger partial charge in [-0.1, -0.05) is 5.16 Å². The number of hydrogen-bond donors (Lipinski definition) is 1. The van der Waals surface area contributed by atoms with Crippen molar-refractivity contribution in [1.29, 1.82) is 0 Å². The highest BCUT2D eigenvalue weighted by atomic mass is 127. The van der Waals surface area contributed by atoms with E-state index < -0.39 is 0 Å². The predicted octanol–water partition coefficient (Wildman–Crippen LogP) is 2.53. The van der Waals surface area contributed by atoms with Crippen LogP contribution in [0.5, 0.6) is 0 Å². The fourth-order valence-electron chi connectivity index (χ4n) is 1.37. The van der Waals surface area contributed by atoms with E-state index in [9.17, 15) is 0 Å². The minimum Gasteiger partial charge on any atom is -0.351 e. The summed E-state index contributed by atoms with van der Waals surface area (Å²) in [6, 6.07) is 2.11. The summed E-state index contributed by atoms with van der Waals surface area (Å²) >= 11 is 3.82. The first-order chi connectivity index (χ1) is 7.74. The molecule has 16 heavy (non-hydrogen) atoms. The molecule has 80 valence electrons. The zero-order chi connectivity index (χ0) is 11.1. The molecular formula is C9H5IN4OS. The first kappa shape index (κ1) is 9.97. The molecule has 0 fully saturated rings. The van der Waals surface area contributed by atoms with E-state index in [0.29, 0.717) is 5.82 Å². The molecule has 0 radical (unpaired) electrons. The first-order valence-electron chi connectivity index (χ1n) is 4.36. The van der Waals surface area contributed by atoms with Crippen molar-refractivity contribution < 1.29 is 4.52 Å². The second-order valence-electron chi connectivity index (χ2n) is 3.10. The van der Waals surface area contributed by atoms with E-state index in [2.05, 4.69) is 37.7 Å². The van der Waals surface area contributed by atoms with Crippen molar-refractivity contribution in [1.82, 2.24) is 15.1 Å². The van der Waals surface area contributed by atoms with E-state index >= 15 is 0 Å². The molecule has 0 amide bonds. The molecule has 0 spiro atoms. The van der Waals surface area contributed by atoms with Crippen LogP contribution < -0.4 is 5.73 Å². The minimum atomic E-state index is 0.0836. The Morgan fingerprint density at radius 2 is 2.25 bits per heavy atom. The molecule has 0 saturated carbocycles. The van der Waals surface area contributed by atoms with Gasteiger partial charge in [0.2, 0.25) is 5.82 Å². The lowest BCUT2D eigenvalue weighted by molar-refractivity contribution is 0.437. The molecule has 0 aliphatic rings. The van der Waals surface area contributed by atoms with Crippen LogP contribution in [0.25, 0.3) is 20.8 Å². The van der Waals surface area contributed by atoms with Gasteiger partial charge in [-0.2, -0.15) is 4.98 Å². The highest BCUT2D eigenvalue weighted by molar-refractivity contribution is 14.1. The van der Waals surface area contributed by atoms with Crippen LogP contribution in [0.2, 0.25) is 0 Å². The van der Waals surface area contributed by atoms with Crippen LogP contribution in [0.1, 0.15) is 0 Å². The van der Waals surface area contributed by atoms with E-state index in [1.165, 1.54) is 0 Å². The fraction of sp³-hybridized carbons (Fsp3) is 0. The van der Waals surface area contributed by atoms with Crippen molar-refractivity contribution in [2.24, 2.45) is 0 Å². The Hall–Kier alpha value is -1.22. The monoisotopic (exact) mass is 344 g/mol. The van der Waals surface area contributed by atoms with E-state index in [4.69, 9.17) is 10.3 Å². The highest BCUT2D eigenvalue weighted by Crippen LogP contribution is 2.33. The largest absolute Gasteiger partial charge is 0.351 e. The van der Waals surface area contributed by atoms with Gasteiger partial charge < -0.3 is 10.3 Å². The SMILES string of the molecule is Nc1nc(-c2cc3c(I)cncc3s2)no1. The van der Waals surface area contributed by atoms with Gasteiger partial charge in [0.15, 0.2) is 0 Å². The quantitative estimate of drug-likeness (QED) is 0.687. The third-order valence-electron chi connectivity index (χ3n) is 2.06. The molecule has 2 N–H and O–H groups in total. The van der Waals surface area contributed by atoms with Crippen molar-refractivity contribution in [3.05, 3.63) is 22.0 Å². The summed E-state index contributed by atoms with van der Waals surface area (Å²) in [6.07, 6.45) is 3.65. The number of thiophene rings is 1. The third-order valence-corrected chi connectivity index (χ3v) is 3.99. The molecule has 3 aromatic heterocycles. The lowest BCUT2D eigenvalue weighted by Gasteiger charge is -1.89. The Balaban J connectivity index is 2.22. The maximum Gasteiger partial charge on any atom is 0.319 e. The summed E-state index contributed by atoms with van der Waals surface area (Å²) in [5, 5.41) is 4.94. The fourth-order valence-corrected chi connectivity index (χ4v) is 3.14. The number of hydrogen-bond acceptors (Lipinski definition) is 6. The Morgan fingerprint density at radius 1 is 1.38 bits per heavy atom. The number of aromatic nitrogens is 3. The number of anilines is 1. The van der Waals surface area contributed by atoms with Gasteiger partial charge in [0.1, 0.15) is 0 Å². The number of nitrogens with zero attached hydrogens (tertiary/aromatic N) is 3. The first-order valence-corrected chi connectivity index (χ1v) is 6.26. The molecule has 0 unspecified atom stereocenters. The molecule has 0 saturated heterocycles. The van der Waals surface area contributed by atoms with E-state index in [-0.39, 0.29) is 6.01 Å². The van der Waals surface area contributed by atoms with Crippen LogP contribution in [-0.2, 0) is 0 Å². The van der Waals surface area contributed by atoms with Crippen molar-refractivity contribution in [3.63, 3.8) is 0 Å². The van der Waals surface area contributed by atoms with Gasteiger partial charge in [0.05, 0.1) is 9.58 Å². The highest BCUT2D eigenvalue weighted by Gasteiger charge is 2.11. The molecule has 3 heterocycles. The number of nitrogens with two attached hydrogens (primary N) is 1. The minimum absolute atomic E-state index is 0.0836. The van der Waals surface area contributed by atoms with Crippen LogP contribution in [0.3, 0.4) is 0 Å². The summed E-state index contributed by atoms with van der Waals surface area (Å²) in [6.45, 7) is 0. The van der Waals surface area contributed by atoms with Crippen LogP contribution in [0, 0.1) is 3.57 Å². The zero-order valence-electron chi connectivity index (χ0n) is 7.85. The summed E-state index contributed by atoms with van der Waals surface area (Å²) in [4.78, 5) is 9.06. The normalized spacial score (nSPS) is 11.1. The molecule has 0 atom stereocenters. The molecule has 7 heteroatoms. The van der Waals surface area contributed by atoms with Gasteiger partial charge in [0.25, 0.3) is 0 Å². The average Bonchev–Trinajstić information content (AvgIpc) is 2.84. The average molecular weight is 344 g/mol. The number of fused-ring (bicyclic) bond motifs is 1. The van der Waals surface area contributed by atoms with Crippen LogP contribution in [0.4, 0.5) is 6.01 Å². The molecule has 0 aliphatic heterocycles. The van der Waals surface area contributed by atoms with E-state index in [1.54, 1.807) is 11.3 Å². The Kier molecular flexibility index (Phi) is 2.28. The maximum absolute atomic E-state index is 5.39. The second-order valence-corrected chi connectivity index (χ2v) is 5.35. The summed E-state index contributed by atoms with van der Waals surface area (Å²) in [5.74, 6) is 0.523. The van der Waals surface area contributed by atoms with Gasteiger partial charge in [-0.3, -0.25) is 4.98 Å². The van der Waals surface area contributed by atoms with Gasteiger partial charge in [-0.05, 0) is 28.7 Å². The zero-order valence-corrected chi connectivity index (χ0v) is 10.8. The summed E-state index contributed by atoms with van der Waals surface area (Å²) < 4.78 is 6.96. The van der Waals surface area contributed by atoms with Crippen LogP contribution in [0.15, 0.2) is 23.0 Å². The van der Waals surface area contributed by atoms with Gasteiger partial charge in [0, 0.05) is 21.4 Å². The lowest BCUT2D eigenvalue weighted by Crippen LogP contribution is -1.82. The summed E-state index contributed by atoms with van der Waals surface area (Å²) in [7, 11) is 0. The van der Waals surface area contributed by atoms with Crippen LogP contribution >= 0.6 is 33.9 Å². The molecule has 0 aliphatic carbocycles. The van der Waals surface area contributed by atoms with Gasteiger partial charge in [-0.15, -0.1) is 11.3 Å². The summed E-state index contributed by atoms with van der Waals surface area (Å²) in [5.41, 5.74) is 5.39. The van der Waals surface area contributed by atoms with Gasteiger partial charge in [-0.25, -0.2) is 0 Å². The van der Waals surface area contributed by atoms with E-state index in [1.807, 2.05) is 18.5 Å². The van der Waals surface area contributed by atoms with Crippen molar-refractivity contribution in [2.75, 3.05) is 5.73 Å². The molecular weight excluding hydrogens is 339 g/mol. The van der Waals surface area contributed by atoms with Crippen molar-refractivity contribution in [3.8, 4) is 10.7 Å². The standard InChI is InChI=1S/C9H5IN4OS/c10-5-2-12-3-7-4(5)1-6(16-7)8-13-9(11)15-14-8/h1-3H,(H2,11,13,14). The maximum atomic E-state index is 5.39. The molecule has 3 rings (SSSR count). The number of nitrogen functional groups attached to an aromatic ring is 1. The molecule has 5 nitrogen and oxygen atoms in total. The topological polar surface area (TPSA) is 77.8 Å². The lowest BCUT2D eigenvalue weighted by atomic mass is 10.3. The smallest absolute Gasteiger partial charge is 0.319 e. The Labute approximate surface area is 108 Å². The Bertz CT molecular complexity index is 662. The third kappa shape index (κ3) is 1.55. The Morgan fingerprint density at radius 3 is 2.94 bits per heavy atom. The van der Waals surface area contributed by atoms with Crippen molar-refractivity contribution in [2.45, 2.75) is 0 Å². The second kappa shape index (κ2) is 3.67. The predicted molar refractivity (Wildman–Crippen MR) is 70.0 cm³/mol. The van der Waals surface area contributed by atoms with Crippen LogP contribution in [-0.4, -0.2) is 15.1 Å². The number of pyridine rings is 1. The van der Waals surface area contributed by atoms with Crippen molar-refractivity contribution >= 4 is 50.0 Å². The molecule has 0 aromatic carbocycles.